The minimum absolute atomic E-state index is 0.0197. The molecule has 140 valence electrons. The third-order valence-corrected chi connectivity index (χ3v) is 3.71. The Morgan fingerprint density at radius 2 is 2.04 bits per heavy atom. The zero-order chi connectivity index (χ0) is 19.4. The number of halogens is 3. The van der Waals surface area contributed by atoms with Crippen LogP contribution in [0.1, 0.15) is 5.56 Å². The molecule has 0 saturated carbocycles. The number of hydrogen-bond donors (Lipinski definition) is 1. The second kappa shape index (κ2) is 7.90. The molecule has 0 atom stereocenters. The van der Waals surface area contributed by atoms with Gasteiger partial charge in [0.15, 0.2) is 0 Å². The van der Waals surface area contributed by atoms with Crippen LogP contribution in [0.3, 0.4) is 0 Å². The van der Waals surface area contributed by atoms with Crippen LogP contribution in [0.5, 0.6) is 5.75 Å². The Bertz CT molecular complexity index is 1040. The highest BCUT2D eigenvalue weighted by atomic mass is 19.3. The number of carbonyl (C=O) groups excluding carboxylic acids is 1. The molecule has 1 heterocycles. The number of fused-ring (bicyclic) bond motifs is 1. The third kappa shape index (κ3) is 4.63. The number of ether oxygens (including phenoxy) is 1. The van der Waals surface area contributed by atoms with E-state index in [-0.39, 0.29) is 24.2 Å². The van der Waals surface area contributed by atoms with E-state index in [1.54, 1.807) is 6.07 Å². The van der Waals surface area contributed by atoms with E-state index < -0.39 is 23.9 Å². The maximum atomic E-state index is 13.3. The second-order valence-electron chi connectivity index (χ2n) is 5.64. The third-order valence-electron chi connectivity index (χ3n) is 3.71. The summed E-state index contributed by atoms with van der Waals surface area (Å²) in [5.41, 5.74) is 0.337. The topological polar surface area (TPSA) is 73.2 Å². The lowest BCUT2D eigenvalue weighted by Gasteiger charge is -2.09. The Morgan fingerprint density at radius 1 is 1.22 bits per heavy atom. The maximum absolute atomic E-state index is 13.3. The van der Waals surface area contributed by atoms with Crippen LogP contribution in [0.2, 0.25) is 0 Å². The number of rotatable bonds is 6. The van der Waals surface area contributed by atoms with Crippen molar-refractivity contribution < 1.29 is 22.7 Å². The summed E-state index contributed by atoms with van der Waals surface area (Å²) in [6.07, 6.45) is 1.21. The van der Waals surface area contributed by atoms with Gasteiger partial charge in [0, 0.05) is 6.54 Å². The SMILES string of the molecule is O=C(Cn1cnc2ccc(F)cc2c1=O)NCc1cccc(OC(F)F)c1. The maximum Gasteiger partial charge on any atom is 0.387 e. The van der Waals surface area contributed by atoms with Gasteiger partial charge in [-0.2, -0.15) is 8.78 Å². The molecule has 0 fully saturated rings. The van der Waals surface area contributed by atoms with E-state index in [0.29, 0.717) is 11.1 Å². The molecule has 3 aromatic rings. The van der Waals surface area contributed by atoms with Crippen molar-refractivity contribution in [2.45, 2.75) is 19.7 Å². The molecule has 0 aliphatic rings. The van der Waals surface area contributed by atoms with Gasteiger partial charge in [-0.1, -0.05) is 12.1 Å². The summed E-state index contributed by atoms with van der Waals surface area (Å²) < 4.78 is 43.1. The van der Waals surface area contributed by atoms with E-state index in [9.17, 15) is 22.8 Å². The zero-order valence-corrected chi connectivity index (χ0v) is 13.9. The highest BCUT2D eigenvalue weighted by Crippen LogP contribution is 2.15. The van der Waals surface area contributed by atoms with Gasteiger partial charge >= 0.3 is 6.61 Å². The van der Waals surface area contributed by atoms with E-state index in [0.717, 1.165) is 10.6 Å². The molecule has 0 aliphatic heterocycles. The molecular weight excluding hydrogens is 363 g/mol. The Balaban J connectivity index is 1.67. The molecule has 0 unspecified atom stereocenters. The fraction of sp³-hybridized carbons (Fsp3) is 0.167. The molecule has 27 heavy (non-hydrogen) atoms. The van der Waals surface area contributed by atoms with Crippen LogP contribution >= 0.6 is 0 Å². The lowest BCUT2D eigenvalue weighted by Crippen LogP contribution is -2.32. The van der Waals surface area contributed by atoms with Crippen molar-refractivity contribution in [2.24, 2.45) is 0 Å². The minimum atomic E-state index is -2.94. The molecular formula is C18H14F3N3O3. The lowest BCUT2D eigenvalue weighted by atomic mass is 10.2. The van der Waals surface area contributed by atoms with Gasteiger partial charge < -0.3 is 10.1 Å². The standard InChI is InChI=1S/C18H14F3N3O3/c19-12-4-5-15-14(7-12)17(26)24(10-23-15)9-16(25)22-8-11-2-1-3-13(6-11)27-18(20)21/h1-7,10,18H,8-9H2,(H,22,25). The molecule has 0 bridgehead atoms. The molecule has 0 saturated heterocycles. The van der Waals surface area contributed by atoms with Crippen molar-refractivity contribution in [1.82, 2.24) is 14.9 Å². The first-order valence-corrected chi connectivity index (χ1v) is 7.87. The molecule has 0 spiro atoms. The molecule has 0 aliphatic carbocycles. The number of hydrogen-bond acceptors (Lipinski definition) is 4. The number of benzene rings is 2. The van der Waals surface area contributed by atoms with E-state index in [4.69, 9.17) is 0 Å². The number of carbonyl (C=O) groups is 1. The van der Waals surface area contributed by atoms with E-state index in [1.165, 1.54) is 36.7 Å². The Kier molecular flexibility index (Phi) is 5.39. The highest BCUT2D eigenvalue weighted by Gasteiger charge is 2.10. The summed E-state index contributed by atoms with van der Waals surface area (Å²) in [6, 6.07) is 9.53. The van der Waals surface area contributed by atoms with Crippen LogP contribution in [0.25, 0.3) is 10.9 Å². The van der Waals surface area contributed by atoms with Crippen LogP contribution in [-0.2, 0) is 17.9 Å². The summed E-state index contributed by atoms with van der Waals surface area (Å²) in [6.45, 7) is -3.19. The lowest BCUT2D eigenvalue weighted by molar-refractivity contribution is -0.121. The molecule has 2 aromatic carbocycles. The molecule has 6 nitrogen and oxygen atoms in total. The van der Waals surface area contributed by atoms with Crippen molar-refractivity contribution in [1.29, 1.82) is 0 Å². The van der Waals surface area contributed by atoms with Crippen LogP contribution in [0.15, 0.2) is 53.6 Å². The monoisotopic (exact) mass is 377 g/mol. The highest BCUT2D eigenvalue weighted by molar-refractivity contribution is 5.79. The fourth-order valence-corrected chi connectivity index (χ4v) is 2.49. The van der Waals surface area contributed by atoms with Gasteiger partial charge in [-0.05, 0) is 35.9 Å². The van der Waals surface area contributed by atoms with Crippen molar-refractivity contribution in [2.75, 3.05) is 0 Å². The normalized spacial score (nSPS) is 11.0. The number of aromatic nitrogens is 2. The van der Waals surface area contributed by atoms with E-state index >= 15 is 0 Å². The van der Waals surface area contributed by atoms with Crippen LogP contribution in [0.4, 0.5) is 13.2 Å². The predicted octanol–water partition coefficient (Wildman–Crippen LogP) is 2.45. The molecule has 0 radical (unpaired) electrons. The number of alkyl halides is 2. The second-order valence-corrected chi connectivity index (χ2v) is 5.64. The number of nitrogens with one attached hydrogen (secondary N) is 1. The average molecular weight is 377 g/mol. The Labute approximate surface area is 151 Å². The molecule has 1 N–H and O–H groups in total. The molecule has 1 aromatic heterocycles. The fourth-order valence-electron chi connectivity index (χ4n) is 2.49. The molecule has 1 amide bonds. The summed E-state index contributed by atoms with van der Waals surface area (Å²) in [5.74, 6) is -1.09. The van der Waals surface area contributed by atoms with Gasteiger partial charge in [0.25, 0.3) is 5.56 Å². The summed E-state index contributed by atoms with van der Waals surface area (Å²) >= 11 is 0. The van der Waals surface area contributed by atoms with Crippen LogP contribution < -0.4 is 15.6 Å². The van der Waals surface area contributed by atoms with Gasteiger partial charge in [0.1, 0.15) is 18.1 Å². The van der Waals surface area contributed by atoms with Crippen LogP contribution in [0, 0.1) is 5.82 Å². The van der Waals surface area contributed by atoms with E-state index in [2.05, 4.69) is 15.0 Å². The number of amides is 1. The summed E-state index contributed by atoms with van der Waals surface area (Å²) in [4.78, 5) is 28.4. The van der Waals surface area contributed by atoms with E-state index in [1.807, 2.05) is 0 Å². The van der Waals surface area contributed by atoms with Crippen LogP contribution in [-0.4, -0.2) is 22.1 Å². The molecule has 3 rings (SSSR count). The van der Waals surface area contributed by atoms with Gasteiger partial charge in [-0.15, -0.1) is 0 Å². The van der Waals surface area contributed by atoms with Gasteiger partial charge in [0.05, 0.1) is 17.2 Å². The van der Waals surface area contributed by atoms with Crippen molar-refractivity contribution in [3.8, 4) is 5.75 Å². The van der Waals surface area contributed by atoms with Crippen molar-refractivity contribution in [3.05, 3.63) is 70.5 Å². The van der Waals surface area contributed by atoms with Crippen molar-refractivity contribution >= 4 is 16.8 Å². The van der Waals surface area contributed by atoms with Gasteiger partial charge in [0.2, 0.25) is 5.91 Å². The average Bonchev–Trinajstić information content (AvgIpc) is 2.62. The summed E-state index contributed by atoms with van der Waals surface area (Å²) in [5, 5.41) is 2.64. The molecule has 9 heteroatoms. The largest absolute Gasteiger partial charge is 0.435 e. The predicted molar refractivity (Wildman–Crippen MR) is 90.9 cm³/mol. The minimum Gasteiger partial charge on any atom is -0.435 e. The first-order chi connectivity index (χ1) is 12.9. The summed E-state index contributed by atoms with van der Waals surface area (Å²) in [7, 11) is 0. The Hall–Kier alpha value is -3.36. The quantitative estimate of drug-likeness (QED) is 0.716. The smallest absolute Gasteiger partial charge is 0.387 e. The first kappa shape index (κ1) is 18.4. The zero-order valence-electron chi connectivity index (χ0n) is 13.9. The Morgan fingerprint density at radius 3 is 2.81 bits per heavy atom. The number of nitrogens with zero attached hydrogens (tertiary/aromatic N) is 2. The van der Waals surface area contributed by atoms with Gasteiger partial charge in [-0.3, -0.25) is 14.2 Å². The first-order valence-electron chi connectivity index (χ1n) is 7.87. The van der Waals surface area contributed by atoms with Crippen molar-refractivity contribution in [3.63, 3.8) is 0 Å². The van der Waals surface area contributed by atoms with Gasteiger partial charge in [-0.25, -0.2) is 9.37 Å².